The van der Waals surface area contributed by atoms with Crippen LogP contribution >= 0.6 is 0 Å². The largest absolute Gasteiger partial charge is 0.307 e. The average molecular weight is 235 g/mol. The van der Waals surface area contributed by atoms with Gasteiger partial charge in [0.05, 0.1) is 18.1 Å². The predicted octanol–water partition coefficient (Wildman–Crippen LogP) is 1.38. The Hall–Kier alpha value is -1.20. The van der Waals surface area contributed by atoms with Gasteiger partial charge in [-0.15, -0.1) is 0 Å². The van der Waals surface area contributed by atoms with E-state index in [2.05, 4.69) is 34.1 Å². The standard InChI is InChI=1S/C12H21N5/c1-9-3-4-10(2)17(7-9)8-11-5-15-12(16-13)6-14-11/h5-6,9-10H,3-4,7-8,13H2,1-2H3,(H,15,16). The van der Waals surface area contributed by atoms with Crippen molar-refractivity contribution in [3.05, 3.63) is 18.1 Å². The Morgan fingerprint density at radius 3 is 2.82 bits per heavy atom. The zero-order valence-electron chi connectivity index (χ0n) is 10.6. The predicted molar refractivity (Wildman–Crippen MR) is 68.1 cm³/mol. The van der Waals surface area contributed by atoms with Crippen LogP contribution in [0, 0.1) is 5.92 Å². The molecule has 1 aliphatic rings. The van der Waals surface area contributed by atoms with E-state index in [0.29, 0.717) is 11.9 Å². The van der Waals surface area contributed by atoms with Crippen molar-refractivity contribution >= 4 is 5.82 Å². The molecule has 0 aromatic carbocycles. The number of nitrogens with one attached hydrogen (secondary N) is 1. The van der Waals surface area contributed by atoms with E-state index in [1.807, 2.05) is 0 Å². The van der Waals surface area contributed by atoms with Gasteiger partial charge < -0.3 is 5.43 Å². The van der Waals surface area contributed by atoms with E-state index >= 15 is 0 Å². The first-order valence-corrected chi connectivity index (χ1v) is 6.20. The zero-order valence-corrected chi connectivity index (χ0v) is 10.6. The third-order valence-corrected chi connectivity index (χ3v) is 3.47. The summed E-state index contributed by atoms with van der Waals surface area (Å²) in [7, 11) is 0. The van der Waals surface area contributed by atoms with Gasteiger partial charge in [0.15, 0.2) is 5.82 Å². The highest BCUT2D eigenvalue weighted by molar-refractivity contribution is 5.28. The minimum atomic E-state index is 0.605. The van der Waals surface area contributed by atoms with Crippen LogP contribution in [-0.2, 0) is 6.54 Å². The number of rotatable bonds is 3. The summed E-state index contributed by atoms with van der Waals surface area (Å²) in [6.45, 7) is 6.63. The van der Waals surface area contributed by atoms with Crippen molar-refractivity contribution in [1.29, 1.82) is 0 Å². The SMILES string of the molecule is CC1CCC(C)N(Cc2cnc(NN)cn2)C1. The number of anilines is 1. The Morgan fingerprint density at radius 2 is 2.18 bits per heavy atom. The summed E-state index contributed by atoms with van der Waals surface area (Å²) in [6.07, 6.45) is 6.07. The van der Waals surface area contributed by atoms with Gasteiger partial charge in [-0.2, -0.15) is 0 Å². The zero-order chi connectivity index (χ0) is 12.3. The van der Waals surface area contributed by atoms with Crippen LogP contribution in [0.1, 0.15) is 32.4 Å². The minimum Gasteiger partial charge on any atom is -0.307 e. The first-order valence-electron chi connectivity index (χ1n) is 6.20. The number of nitrogens with zero attached hydrogens (tertiary/aromatic N) is 3. The van der Waals surface area contributed by atoms with Gasteiger partial charge in [0.1, 0.15) is 0 Å². The van der Waals surface area contributed by atoms with E-state index < -0.39 is 0 Å². The second-order valence-electron chi connectivity index (χ2n) is 5.00. The molecule has 2 unspecified atom stereocenters. The van der Waals surface area contributed by atoms with Gasteiger partial charge in [-0.3, -0.25) is 9.88 Å². The highest BCUT2D eigenvalue weighted by atomic mass is 15.3. The second-order valence-corrected chi connectivity index (χ2v) is 5.00. The van der Waals surface area contributed by atoms with Crippen LogP contribution in [0.5, 0.6) is 0 Å². The van der Waals surface area contributed by atoms with Crippen LogP contribution in [0.3, 0.4) is 0 Å². The fourth-order valence-electron chi connectivity index (χ4n) is 2.32. The minimum absolute atomic E-state index is 0.605. The lowest BCUT2D eigenvalue weighted by atomic mass is 9.95. The Labute approximate surface area is 102 Å². The molecule has 1 aliphatic heterocycles. The normalized spacial score (nSPS) is 25.8. The van der Waals surface area contributed by atoms with Crippen LogP contribution < -0.4 is 11.3 Å². The van der Waals surface area contributed by atoms with Crippen LogP contribution in [0.4, 0.5) is 5.82 Å². The van der Waals surface area contributed by atoms with Crippen LogP contribution in [0.15, 0.2) is 12.4 Å². The number of nitrogens with two attached hydrogens (primary N) is 1. The fraction of sp³-hybridized carbons (Fsp3) is 0.667. The summed E-state index contributed by atoms with van der Waals surface area (Å²) >= 11 is 0. The molecule has 2 atom stereocenters. The van der Waals surface area contributed by atoms with E-state index in [-0.39, 0.29) is 0 Å². The average Bonchev–Trinajstić information content (AvgIpc) is 2.35. The lowest BCUT2D eigenvalue weighted by Crippen LogP contribution is -2.40. The number of hydrogen-bond donors (Lipinski definition) is 2. The third-order valence-electron chi connectivity index (χ3n) is 3.47. The number of likely N-dealkylation sites (tertiary alicyclic amines) is 1. The lowest BCUT2D eigenvalue weighted by Gasteiger charge is -2.36. The van der Waals surface area contributed by atoms with Gasteiger partial charge in [-0.05, 0) is 25.7 Å². The topological polar surface area (TPSA) is 67.1 Å². The van der Waals surface area contributed by atoms with Gasteiger partial charge in [0.2, 0.25) is 0 Å². The van der Waals surface area contributed by atoms with Crippen LogP contribution in [0.2, 0.25) is 0 Å². The summed E-state index contributed by atoms with van der Waals surface area (Å²) in [5.74, 6) is 6.65. The molecule has 2 heterocycles. The molecule has 0 amide bonds. The highest BCUT2D eigenvalue weighted by Crippen LogP contribution is 2.22. The van der Waals surface area contributed by atoms with E-state index in [4.69, 9.17) is 5.84 Å². The van der Waals surface area contributed by atoms with E-state index in [9.17, 15) is 0 Å². The molecule has 1 aromatic heterocycles. The number of hydrogen-bond acceptors (Lipinski definition) is 5. The summed E-state index contributed by atoms with van der Waals surface area (Å²) in [5, 5.41) is 0. The molecule has 0 saturated carbocycles. The molecule has 0 spiro atoms. The van der Waals surface area contributed by atoms with Gasteiger partial charge in [-0.25, -0.2) is 10.8 Å². The maximum Gasteiger partial charge on any atom is 0.158 e. The van der Waals surface area contributed by atoms with Gasteiger partial charge in [-0.1, -0.05) is 6.92 Å². The summed E-state index contributed by atoms with van der Waals surface area (Å²) < 4.78 is 0. The quantitative estimate of drug-likeness (QED) is 0.612. The maximum absolute atomic E-state index is 5.26. The number of piperidine rings is 1. The molecule has 94 valence electrons. The van der Waals surface area contributed by atoms with Crippen LogP contribution in [-0.4, -0.2) is 27.5 Å². The summed E-state index contributed by atoms with van der Waals surface area (Å²) in [4.78, 5) is 11.0. The first-order chi connectivity index (χ1) is 8.19. The van der Waals surface area contributed by atoms with E-state index in [1.165, 1.54) is 12.8 Å². The van der Waals surface area contributed by atoms with E-state index in [0.717, 1.165) is 24.7 Å². The van der Waals surface area contributed by atoms with Crippen molar-refractivity contribution in [2.45, 2.75) is 39.3 Å². The van der Waals surface area contributed by atoms with Crippen molar-refractivity contribution in [3.8, 4) is 0 Å². The number of aromatic nitrogens is 2. The maximum atomic E-state index is 5.26. The molecule has 0 bridgehead atoms. The monoisotopic (exact) mass is 235 g/mol. The second kappa shape index (κ2) is 5.42. The van der Waals surface area contributed by atoms with Gasteiger partial charge >= 0.3 is 0 Å². The van der Waals surface area contributed by atoms with Crippen molar-refractivity contribution in [3.63, 3.8) is 0 Å². The molecular weight excluding hydrogens is 214 g/mol. The molecule has 0 radical (unpaired) electrons. The van der Waals surface area contributed by atoms with Crippen molar-refractivity contribution in [1.82, 2.24) is 14.9 Å². The molecule has 17 heavy (non-hydrogen) atoms. The molecule has 2 rings (SSSR count). The smallest absolute Gasteiger partial charge is 0.158 e. The molecule has 1 aromatic rings. The molecule has 1 saturated heterocycles. The van der Waals surface area contributed by atoms with Gasteiger partial charge in [0.25, 0.3) is 0 Å². The molecule has 5 nitrogen and oxygen atoms in total. The molecule has 1 fully saturated rings. The van der Waals surface area contributed by atoms with Crippen molar-refractivity contribution < 1.29 is 0 Å². The molecule has 5 heteroatoms. The van der Waals surface area contributed by atoms with E-state index in [1.54, 1.807) is 12.4 Å². The third kappa shape index (κ3) is 3.14. The van der Waals surface area contributed by atoms with Gasteiger partial charge in [0, 0.05) is 19.1 Å². The molecular formula is C12H21N5. The number of hydrazine groups is 1. The van der Waals surface area contributed by atoms with Crippen LogP contribution in [0.25, 0.3) is 0 Å². The summed E-state index contributed by atoms with van der Waals surface area (Å²) in [5.41, 5.74) is 3.49. The summed E-state index contributed by atoms with van der Waals surface area (Å²) in [6, 6.07) is 0.639. The Morgan fingerprint density at radius 1 is 1.35 bits per heavy atom. The molecule has 0 aliphatic carbocycles. The lowest BCUT2D eigenvalue weighted by molar-refractivity contribution is 0.116. The first kappa shape index (κ1) is 12.3. The Balaban J connectivity index is 1.98. The Kier molecular flexibility index (Phi) is 3.91. The van der Waals surface area contributed by atoms with Crippen molar-refractivity contribution in [2.24, 2.45) is 11.8 Å². The highest BCUT2D eigenvalue weighted by Gasteiger charge is 2.22. The number of nitrogen functional groups attached to an aromatic ring is 1. The van der Waals surface area contributed by atoms with Crippen molar-refractivity contribution in [2.75, 3.05) is 12.0 Å². The molecule has 3 N–H and O–H groups in total. The fourth-order valence-corrected chi connectivity index (χ4v) is 2.32. The Bertz CT molecular complexity index is 350.